The largest absolute Gasteiger partial charge is 0.480 e. The van der Waals surface area contributed by atoms with Gasteiger partial charge >= 0.3 is 5.97 Å². The molecule has 2 atom stereocenters. The highest BCUT2D eigenvalue weighted by Crippen LogP contribution is 2.31. The van der Waals surface area contributed by atoms with Crippen LogP contribution in [0.1, 0.15) is 17.4 Å². The number of furan rings is 1. The van der Waals surface area contributed by atoms with Gasteiger partial charge in [-0.3, -0.25) is 9.69 Å². The number of nitrogens with one attached hydrogen (secondary N) is 1. The lowest BCUT2D eigenvalue weighted by molar-refractivity contribution is -0.144. The van der Waals surface area contributed by atoms with Crippen LogP contribution in [0.25, 0.3) is 0 Å². The molecule has 1 aliphatic heterocycles. The Bertz CT molecular complexity index is 583. The SMILES string of the molecule is O=C(O)C1CNCCN1C(c1ccccc1)c1ccco1. The average Bonchev–Trinajstić information content (AvgIpc) is 3.03. The monoisotopic (exact) mass is 286 g/mol. The van der Waals surface area contributed by atoms with Crippen LogP contribution in [-0.2, 0) is 4.79 Å². The molecule has 2 unspecified atom stereocenters. The van der Waals surface area contributed by atoms with E-state index in [0.717, 1.165) is 17.9 Å². The normalized spacial score (nSPS) is 21.0. The molecule has 0 saturated carbocycles. The van der Waals surface area contributed by atoms with Crippen LogP contribution in [-0.4, -0.2) is 41.7 Å². The third-order valence-electron chi connectivity index (χ3n) is 3.83. The van der Waals surface area contributed by atoms with Gasteiger partial charge in [-0.05, 0) is 17.7 Å². The molecule has 2 heterocycles. The van der Waals surface area contributed by atoms with Gasteiger partial charge in [0, 0.05) is 19.6 Å². The maximum absolute atomic E-state index is 11.6. The predicted molar refractivity (Wildman–Crippen MR) is 78.0 cm³/mol. The van der Waals surface area contributed by atoms with E-state index in [4.69, 9.17) is 4.42 Å². The molecule has 110 valence electrons. The third kappa shape index (κ3) is 2.84. The number of carboxylic acids is 1. The first-order valence-electron chi connectivity index (χ1n) is 7.05. The Labute approximate surface area is 123 Å². The van der Waals surface area contributed by atoms with Gasteiger partial charge in [-0.25, -0.2) is 0 Å². The number of piperazine rings is 1. The molecule has 0 aliphatic carbocycles. The summed E-state index contributed by atoms with van der Waals surface area (Å²) in [6.45, 7) is 1.88. The zero-order chi connectivity index (χ0) is 14.7. The van der Waals surface area contributed by atoms with Gasteiger partial charge in [0.15, 0.2) is 0 Å². The second kappa shape index (κ2) is 6.11. The summed E-state index contributed by atoms with van der Waals surface area (Å²) in [5, 5.41) is 12.6. The van der Waals surface area contributed by atoms with E-state index in [9.17, 15) is 9.90 Å². The number of carbonyl (C=O) groups is 1. The number of benzene rings is 1. The molecule has 1 aromatic carbocycles. The lowest BCUT2D eigenvalue weighted by Gasteiger charge is -2.38. The van der Waals surface area contributed by atoms with Crippen LogP contribution in [0.5, 0.6) is 0 Å². The van der Waals surface area contributed by atoms with E-state index in [0.29, 0.717) is 13.1 Å². The molecule has 5 nitrogen and oxygen atoms in total. The fourth-order valence-electron chi connectivity index (χ4n) is 2.86. The van der Waals surface area contributed by atoms with Crippen molar-refractivity contribution in [1.29, 1.82) is 0 Å². The van der Waals surface area contributed by atoms with E-state index in [1.165, 1.54) is 0 Å². The van der Waals surface area contributed by atoms with E-state index in [1.54, 1.807) is 6.26 Å². The molecule has 5 heteroatoms. The Hall–Kier alpha value is -2.11. The molecule has 3 rings (SSSR count). The zero-order valence-corrected chi connectivity index (χ0v) is 11.6. The summed E-state index contributed by atoms with van der Waals surface area (Å²) in [7, 11) is 0. The van der Waals surface area contributed by atoms with Gasteiger partial charge in [0.2, 0.25) is 0 Å². The molecule has 1 aromatic heterocycles. The average molecular weight is 286 g/mol. The van der Waals surface area contributed by atoms with Crippen LogP contribution in [0.4, 0.5) is 0 Å². The number of hydrogen-bond acceptors (Lipinski definition) is 4. The van der Waals surface area contributed by atoms with E-state index in [1.807, 2.05) is 47.4 Å². The van der Waals surface area contributed by atoms with Gasteiger partial charge in [0.25, 0.3) is 0 Å². The molecule has 21 heavy (non-hydrogen) atoms. The van der Waals surface area contributed by atoms with Gasteiger partial charge in [-0.15, -0.1) is 0 Å². The Balaban J connectivity index is 2.00. The van der Waals surface area contributed by atoms with Crippen LogP contribution in [0, 0.1) is 0 Å². The Morgan fingerprint density at radius 1 is 1.29 bits per heavy atom. The molecule has 0 spiro atoms. The number of rotatable bonds is 4. The van der Waals surface area contributed by atoms with Crippen LogP contribution in [0.15, 0.2) is 53.1 Å². The van der Waals surface area contributed by atoms with Gasteiger partial charge < -0.3 is 14.8 Å². The maximum atomic E-state index is 11.6. The van der Waals surface area contributed by atoms with Gasteiger partial charge in [0.1, 0.15) is 11.8 Å². The summed E-state index contributed by atoms with van der Waals surface area (Å²) in [5.74, 6) is -0.0379. The van der Waals surface area contributed by atoms with E-state index in [2.05, 4.69) is 5.32 Å². The molecule has 0 amide bonds. The highest BCUT2D eigenvalue weighted by molar-refractivity contribution is 5.74. The molecular weight excluding hydrogens is 268 g/mol. The summed E-state index contributed by atoms with van der Waals surface area (Å²) in [6.07, 6.45) is 1.63. The number of aliphatic carboxylic acids is 1. The molecule has 2 N–H and O–H groups in total. The van der Waals surface area contributed by atoms with Crippen molar-refractivity contribution in [2.75, 3.05) is 19.6 Å². The molecular formula is C16H18N2O3. The van der Waals surface area contributed by atoms with Gasteiger partial charge in [0.05, 0.1) is 12.3 Å². The van der Waals surface area contributed by atoms with Crippen LogP contribution < -0.4 is 5.32 Å². The zero-order valence-electron chi connectivity index (χ0n) is 11.6. The summed E-state index contributed by atoms with van der Waals surface area (Å²) in [4.78, 5) is 13.6. The topological polar surface area (TPSA) is 65.7 Å². The van der Waals surface area contributed by atoms with Crippen molar-refractivity contribution in [3.8, 4) is 0 Å². The van der Waals surface area contributed by atoms with Crippen molar-refractivity contribution < 1.29 is 14.3 Å². The Morgan fingerprint density at radius 2 is 2.10 bits per heavy atom. The van der Waals surface area contributed by atoms with Crippen molar-refractivity contribution in [1.82, 2.24) is 10.2 Å². The first-order chi connectivity index (χ1) is 10.3. The van der Waals surface area contributed by atoms with E-state index >= 15 is 0 Å². The van der Waals surface area contributed by atoms with Crippen LogP contribution in [0.2, 0.25) is 0 Å². The van der Waals surface area contributed by atoms with Crippen molar-refractivity contribution in [2.24, 2.45) is 0 Å². The predicted octanol–water partition coefficient (Wildman–Crippen LogP) is 1.73. The second-order valence-corrected chi connectivity index (χ2v) is 5.12. The van der Waals surface area contributed by atoms with E-state index < -0.39 is 12.0 Å². The Morgan fingerprint density at radius 3 is 2.76 bits per heavy atom. The first kappa shape index (κ1) is 13.9. The van der Waals surface area contributed by atoms with Crippen LogP contribution in [0.3, 0.4) is 0 Å². The van der Waals surface area contributed by atoms with Crippen molar-refractivity contribution in [3.63, 3.8) is 0 Å². The van der Waals surface area contributed by atoms with Crippen molar-refractivity contribution >= 4 is 5.97 Å². The maximum Gasteiger partial charge on any atom is 0.322 e. The number of nitrogens with zero attached hydrogens (tertiary/aromatic N) is 1. The molecule has 0 radical (unpaired) electrons. The quantitative estimate of drug-likeness (QED) is 0.896. The minimum absolute atomic E-state index is 0.176. The van der Waals surface area contributed by atoms with Gasteiger partial charge in [-0.2, -0.15) is 0 Å². The van der Waals surface area contributed by atoms with Gasteiger partial charge in [-0.1, -0.05) is 30.3 Å². The summed E-state index contributed by atoms with van der Waals surface area (Å²) in [5.41, 5.74) is 1.04. The van der Waals surface area contributed by atoms with Crippen molar-refractivity contribution in [3.05, 3.63) is 60.1 Å². The van der Waals surface area contributed by atoms with Crippen molar-refractivity contribution in [2.45, 2.75) is 12.1 Å². The molecule has 1 fully saturated rings. The van der Waals surface area contributed by atoms with E-state index in [-0.39, 0.29) is 6.04 Å². The molecule has 1 saturated heterocycles. The highest BCUT2D eigenvalue weighted by atomic mass is 16.4. The molecule has 1 aliphatic rings. The summed E-state index contributed by atoms with van der Waals surface area (Å²) >= 11 is 0. The fourth-order valence-corrected chi connectivity index (χ4v) is 2.86. The second-order valence-electron chi connectivity index (χ2n) is 5.12. The summed E-state index contributed by atoms with van der Waals surface area (Å²) < 4.78 is 5.58. The highest BCUT2D eigenvalue weighted by Gasteiger charge is 2.36. The standard InChI is InChI=1S/C16H18N2O3/c19-16(20)13-11-17-8-9-18(13)15(14-7-4-10-21-14)12-5-2-1-3-6-12/h1-7,10,13,15,17H,8-9,11H2,(H,19,20). The third-order valence-corrected chi connectivity index (χ3v) is 3.83. The Kier molecular flexibility index (Phi) is 4.03. The number of hydrogen-bond donors (Lipinski definition) is 2. The lowest BCUT2D eigenvalue weighted by atomic mass is 9.99. The smallest absolute Gasteiger partial charge is 0.322 e. The van der Waals surface area contributed by atoms with Crippen LogP contribution >= 0.6 is 0 Å². The molecule has 2 aromatic rings. The lowest BCUT2D eigenvalue weighted by Crippen LogP contribution is -2.56. The minimum Gasteiger partial charge on any atom is -0.480 e. The number of carboxylic acid groups (broad SMARTS) is 1. The summed E-state index contributed by atoms with van der Waals surface area (Å²) in [6, 6.07) is 12.9. The minimum atomic E-state index is -0.810. The molecule has 0 bridgehead atoms. The fraction of sp³-hybridized carbons (Fsp3) is 0.312. The first-order valence-corrected chi connectivity index (χ1v) is 7.05.